The molecule has 1 aliphatic carbocycles. The molecule has 0 radical (unpaired) electrons. The summed E-state index contributed by atoms with van der Waals surface area (Å²) in [4.78, 5) is 22.0. The quantitative estimate of drug-likeness (QED) is 0.519. The van der Waals surface area contributed by atoms with E-state index in [1.807, 2.05) is 0 Å². The zero-order valence-corrected chi connectivity index (χ0v) is 8.01. The predicted molar refractivity (Wildman–Crippen MR) is 50.2 cm³/mol. The normalized spacial score (nSPS) is 34.4. The maximum Gasteiger partial charge on any atom is 0.236 e. The number of primary amides is 1. The Kier molecular flexibility index (Phi) is 2.19. The number of hydrogen-bond donors (Lipinski definition) is 3. The minimum atomic E-state index is -0.488. The molecule has 2 rings (SSSR count). The average molecular weight is 197 g/mol. The Balaban J connectivity index is 1.81. The topological polar surface area (TPSA) is 84.2 Å². The van der Waals surface area contributed by atoms with Crippen LogP contribution in [0.5, 0.6) is 0 Å². The van der Waals surface area contributed by atoms with Gasteiger partial charge >= 0.3 is 0 Å². The van der Waals surface area contributed by atoms with Gasteiger partial charge in [-0.15, -0.1) is 0 Å². The largest absolute Gasteiger partial charge is 0.368 e. The van der Waals surface area contributed by atoms with Gasteiger partial charge in [-0.05, 0) is 24.8 Å². The van der Waals surface area contributed by atoms with Gasteiger partial charge < -0.3 is 16.4 Å². The molecular formula is C9H15N3O2. The van der Waals surface area contributed by atoms with Crippen LogP contribution < -0.4 is 16.4 Å². The van der Waals surface area contributed by atoms with Crippen molar-refractivity contribution >= 4 is 11.8 Å². The van der Waals surface area contributed by atoms with E-state index >= 15 is 0 Å². The minimum absolute atomic E-state index is 0.0208. The lowest BCUT2D eigenvalue weighted by Gasteiger charge is -2.06. The van der Waals surface area contributed by atoms with E-state index in [0.717, 1.165) is 25.9 Å². The van der Waals surface area contributed by atoms with E-state index in [1.54, 1.807) is 0 Å². The number of carbonyl (C=O) groups excluding carboxylic acids is 2. The first-order valence-corrected chi connectivity index (χ1v) is 4.91. The number of hydrogen-bond acceptors (Lipinski definition) is 3. The lowest BCUT2D eigenvalue weighted by Crippen LogP contribution is -2.35. The molecule has 14 heavy (non-hydrogen) atoms. The van der Waals surface area contributed by atoms with E-state index < -0.39 is 5.91 Å². The van der Waals surface area contributed by atoms with Gasteiger partial charge in [0.15, 0.2) is 0 Å². The molecular weight excluding hydrogens is 182 g/mol. The van der Waals surface area contributed by atoms with Gasteiger partial charge in [-0.3, -0.25) is 9.59 Å². The Labute approximate surface area is 82.4 Å². The molecule has 2 aliphatic rings. The highest BCUT2D eigenvalue weighted by Crippen LogP contribution is 2.56. The highest BCUT2D eigenvalue weighted by molar-refractivity contribution is 5.87. The Morgan fingerprint density at radius 1 is 1.57 bits per heavy atom. The number of amides is 2. The number of rotatable bonds is 3. The molecule has 4 N–H and O–H groups in total. The molecule has 2 atom stereocenters. The molecule has 2 fully saturated rings. The summed E-state index contributed by atoms with van der Waals surface area (Å²) in [6, 6.07) is 0. The molecule has 5 nitrogen and oxygen atoms in total. The second kappa shape index (κ2) is 3.24. The maximum atomic E-state index is 11.5. The van der Waals surface area contributed by atoms with E-state index in [0.29, 0.717) is 0 Å². The molecule has 2 amide bonds. The maximum absolute atomic E-state index is 11.5. The molecule has 0 bridgehead atoms. The van der Waals surface area contributed by atoms with Crippen molar-refractivity contribution in [2.45, 2.75) is 12.8 Å². The zero-order chi connectivity index (χ0) is 10.2. The van der Waals surface area contributed by atoms with Crippen molar-refractivity contribution in [3.63, 3.8) is 0 Å². The Morgan fingerprint density at radius 3 is 2.93 bits per heavy atom. The first-order chi connectivity index (χ1) is 6.64. The van der Waals surface area contributed by atoms with Gasteiger partial charge in [0.2, 0.25) is 11.8 Å². The Hall–Kier alpha value is -1.10. The third-order valence-corrected chi connectivity index (χ3v) is 3.22. The van der Waals surface area contributed by atoms with Crippen molar-refractivity contribution in [1.29, 1.82) is 0 Å². The van der Waals surface area contributed by atoms with Crippen molar-refractivity contribution in [3.8, 4) is 0 Å². The first-order valence-electron chi connectivity index (χ1n) is 4.91. The van der Waals surface area contributed by atoms with Crippen LogP contribution >= 0.6 is 0 Å². The van der Waals surface area contributed by atoms with Crippen LogP contribution in [0.2, 0.25) is 0 Å². The summed E-state index contributed by atoms with van der Waals surface area (Å²) >= 11 is 0. The SMILES string of the molecule is NC(=O)CNC(=O)C1CC12CCNC2. The van der Waals surface area contributed by atoms with Crippen LogP contribution in [0.25, 0.3) is 0 Å². The summed E-state index contributed by atoms with van der Waals surface area (Å²) in [7, 11) is 0. The lowest BCUT2D eigenvalue weighted by molar-refractivity contribution is -0.126. The average Bonchev–Trinajstić information content (AvgIpc) is 2.61. The standard InChI is InChI=1S/C9H15N3O2/c10-7(13)4-12-8(14)6-3-9(6)1-2-11-5-9/h6,11H,1-5H2,(H2,10,13)(H,12,14). The fraction of sp³-hybridized carbons (Fsp3) is 0.778. The molecule has 1 spiro atoms. The lowest BCUT2D eigenvalue weighted by atomic mass is 10.0. The molecule has 78 valence electrons. The van der Waals surface area contributed by atoms with Crippen molar-refractivity contribution < 1.29 is 9.59 Å². The number of nitrogens with one attached hydrogen (secondary N) is 2. The Morgan fingerprint density at radius 2 is 2.36 bits per heavy atom. The molecule has 5 heteroatoms. The van der Waals surface area contributed by atoms with Gasteiger partial charge in [0.1, 0.15) is 0 Å². The van der Waals surface area contributed by atoms with E-state index in [2.05, 4.69) is 10.6 Å². The van der Waals surface area contributed by atoms with Crippen LogP contribution in [0, 0.1) is 11.3 Å². The summed E-state index contributed by atoms with van der Waals surface area (Å²) in [6.07, 6.45) is 2.02. The van der Waals surface area contributed by atoms with E-state index in [9.17, 15) is 9.59 Å². The van der Waals surface area contributed by atoms with E-state index in [1.165, 1.54) is 0 Å². The summed E-state index contributed by atoms with van der Waals surface area (Å²) in [5.41, 5.74) is 5.14. The van der Waals surface area contributed by atoms with Crippen molar-refractivity contribution in [3.05, 3.63) is 0 Å². The Bertz CT molecular complexity index is 271. The molecule has 0 aromatic heterocycles. The van der Waals surface area contributed by atoms with Gasteiger partial charge in [0, 0.05) is 12.5 Å². The summed E-state index contributed by atoms with van der Waals surface area (Å²) in [5.74, 6) is -0.415. The summed E-state index contributed by atoms with van der Waals surface area (Å²) in [6.45, 7) is 1.89. The first kappa shape index (κ1) is 9.45. The number of nitrogens with two attached hydrogens (primary N) is 1. The third-order valence-electron chi connectivity index (χ3n) is 3.22. The number of carbonyl (C=O) groups is 2. The molecule has 2 unspecified atom stereocenters. The van der Waals surface area contributed by atoms with Crippen LogP contribution in [0.1, 0.15) is 12.8 Å². The second-order valence-corrected chi connectivity index (χ2v) is 4.23. The predicted octanol–water partition coefficient (Wildman–Crippen LogP) is -1.41. The van der Waals surface area contributed by atoms with Gasteiger partial charge in [0.25, 0.3) is 0 Å². The van der Waals surface area contributed by atoms with Crippen LogP contribution in [-0.2, 0) is 9.59 Å². The fourth-order valence-corrected chi connectivity index (χ4v) is 2.25. The van der Waals surface area contributed by atoms with E-state index in [-0.39, 0.29) is 23.8 Å². The fourth-order valence-electron chi connectivity index (χ4n) is 2.25. The summed E-state index contributed by atoms with van der Waals surface area (Å²) < 4.78 is 0. The molecule has 1 aliphatic heterocycles. The van der Waals surface area contributed by atoms with Crippen molar-refractivity contribution in [2.24, 2.45) is 17.1 Å². The molecule has 1 saturated heterocycles. The monoisotopic (exact) mass is 197 g/mol. The van der Waals surface area contributed by atoms with Gasteiger partial charge in [-0.2, -0.15) is 0 Å². The molecule has 0 aromatic rings. The van der Waals surface area contributed by atoms with E-state index in [4.69, 9.17) is 5.73 Å². The minimum Gasteiger partial charge on any atom is -0.368 e. The van der Waals surface area contributed by atoms with Crippen LogP contribution in [0.3, 0.4) is 0 Å². The molecule has 0 aromatic carbocycles. The molecule has 1 saturated carbocycles. The zero-order valence-electron chi connectivity index (χ0n) is 8.01. The van der Waals surface area contributed by atoms with Gasteiger partial charge in [-0.25, -0.2) is 0 Å². The summed E-state index contributed by atoms with van der Waals surface area (Å²) in [5, 5.41) is 5.81. The van der Waals surface area contributed by atoms with Crippen molar-refractivity contribution in [2.75, 3.05) is 19.6 Å². The highest BCUT2D eigenvalue weighted by atomic mass is 16.2. The van der Waals surface area contributed by atoms with Crippen molar-refractivity contribution in [1.82, 2.24) is 10.6 Å². The van der Waals surface area contributed by atoms with Crippen LogP contribution in [-0.4, -0.2) is 31.4 Å². The van der Waals surface area contributed by atoms with Crippen LogP contribution in [0.15, 0.2) is 0 Å². The van der Waals surface area contributed by atoms with Gasteiger partial charge in [0.05, 0.1) is 6.54 Å². The van der Waals surface area contributed by atoms with Crippen LogP contribution in [0.4, 0.5) is 0 Å². The smallest absolute Gasteiger partial charge is 0.236 e. The van der Waals surface area contributed by atoms with Gasteiger partial charge in [-0.1, -0.05) is 0 Å². The second-order valence-electron chi connectivity index (χ2n) is 4.23. The molecule has 1 heterocycles. The highest BCUT2D eigenvalue weighted by Gasteiger charge is 2.58. The third kappa shape index (κ3) is 1.59.